The number of aromatic amines is 1. The molecule has 2 aliphatic rings. The van der Waals surface area contributed by atoms with Crippen LogP contribution < -0.4 is 10.9 Å². The second-order valence-corrected chi connectivity index (χ2v) is 10.3. The molecule has 0 saturated carbocycles. The number of nitrogens with one attached hydrogen (secondary N) is 2. The van der Waals surface area contributed by atoms with E-state index in [-0.39, 0.29) is 28.0 Å². The largest absolute Gasteiger partial charge is 0.350 e. The van der Waals surface area contributed by atoms with Crippen LogP contribution in [0.15, 0.2) is 34.0 Å². The number of hydrogen-bond donors (Lipinski definition) is 2. The third kappa shape index (κ3) is 4.53. The Kier molecular flexibility index (Phi) is 6.45. The first-order valence-electron chi connectivity index (χ1n) is 11.1. The third-order valence-electron chi connectivity index (χ3n) is 6.42. The van der Waals surface area contributed by atoms with Gasteiger partial charge in [-0.2, -0.15) is 4.31 Å². The number of likely N-dealkylation sites (N-methyl/N-ethyl adjacent to an activating group) is 1. The summed E-state index contributed by atoms with van der Waals surface area (Å²) in [7, 11) is -3.64. The van der Waals surface area contributed by atoms with Crippen molar-refractivity contribution in [2.45, 2.75) is 50.0 Å². The minimum atomic E-state index is -3.64. The Morgan fingerprint density at radius 3 is 2.65 bits per heavy atom. The van der Waals surface area contributed by atoms with Crippen molar-refractivity contribution in [1.29, 1.82) is 0 Å². The molecule has 2 fully saturated rings. The molecule has 1 aromatic carbocycles. The maximum Gasteiger partial charge on any atom is 0.252 e. The molecule has 168 valence electrons. The van der Waals surface area contributed by atoms with Crippen LogP contribution in [-0.2, 0) is 10.0 Å². The van der Waals surface area contributed by atoms with Crippen molar-refractivity contribution in [3.05, 3.63) is 40.2 Å². The van der Waals surface area contributed by atoms with Crippen molar-refractivity contribution in [3.8, 4) is 0 Å². The van der Waals surface area contributed by atoms with Crippen LogP contribution in [0.1, 0.15) is 49.4 Å². The van der Waals surface area contributed by atoms with E-state index in [0.29, 0.717) is 30.5 Å². The summed E-state index contributed by atoms with van der Waals surface area (Å²) in [6, 6.07) is 6.12. The van der Waals surface area contributed by atoms with Crippen molar-refractivity contribution in [1.82, 2.24) is 19.5 Å². The summed E-state index contributed by atoms with van der Waals surface area (Å²) in [4.78, 5) is 30.3. The lowest BCUT2D eigenvalue weighted by molar-refractivity contribution is 0.0943. The molecule has 0 bridgehead atoms. The number of benzene rings is 1. The Bertz CT molecular complexity index is 1120. The zero-order valence-electron chi connectivity index (χ0n) is 17.9. The number of fused-ring (bicyclic) bond motifs is 1. The quantitative estimate of drug-likeness (QED) is 0.706. The molecule has 0 aliphatic carbocycles. The maximum absolute atomic E-state index is 13.1. The number of H-pyrrole nitrogens is 1. The van der Waals surface area contributed by atoms with Crippen molar-refractivity contribution in [3.63, 3.8) is 0 Å². The molecule has 2 N–H and O–H groups in total. The standard InChI is InChI=1S/C22H30N4O4S/c1-2-25-10-6-7-16(25)15-23-22(28)19-14-21(27)24-20-9-8-17(13-18(19)20)31(29,30)26-11-4-3-5-12-26/h8-9,13-14,16H,2-7,10-12,15H2,1H3,(H,23,28)(H,24,27). The third-order valence-corrected chi connectivity index (χ3v) is 8.31. The molecule has 2 aromatic rings. The number of carbonyl (C=O) groups excluding carboxylic acids is 1. The predicted molar refractivity (Wildman–Crippen MR) is 120 cm³/mol. The van der Waals surface area contributed by atoms with Gasteiger partial charge in [-0.3, -0.25) is 14.5 Å². The van der Waals surface area contributed by atoms with Gasteiger partial charge in [-0.1, -0.05) is 13.3 Å². The van der Waals surface area contributed by atoms with Crippen molar-refractivity contribution < 1.29 is 13.2 Å². The molecule has 1 aromatic heterocycles. The molecule has 1 amide bonds. The summed E-state index contributed by atoms with van der Waals surface area (Å²) in [5.74, 6) is -0.355. The van der Waals surface area contributed by atoms with Crippen molar-refractivity contribution in [2.24, 2.45) is 0 Å². The van der Waals surface area contributed by atoms with Gasteiger partial charge in [-0.15, -0.1) is 0 Å². The Labute approximate surface area is 182 Å². The zero-order valence-corrected chi connectivity index (χ0v) is 18.7. The van der Waals surface area contributed by atoms with Gasteiger partial charge in [0.1, 0.15) is 0 Å². The smallest absolute Gasteiger partial charge is 0.252 e. The van der Waals surface area contributed by atoms with Gasteiger partial charge in [0.25, 0.3) is 5.91 Å². The molecule has 31 heavy (non-hydrogen) atoms. The van der Waals surface area contributed by atoms with Crippen LogP contribution in [0.5, 0.6) is 0 Å². The normalized spacial score (nSPS) is 20.9. The Balaban J connectivity index is 1.64. The second-order valence-electron chi connectivity index (χ2n) is 8.35. The monoisotopic (exact) mass is 446 g/mol. The van der Waals surface area contributed by atoms with E-state index < -0.39 is 10.0 Å². The number of hydrogen-bond acceptors (Lipinski definition) is 5. The minimum absolute atomic E-state index is 0.149. The van der Waals surface area contributed by atoms with Crippen molar-refractivity contribution >= 4 is 26.8 Å². The van der Waals surface area contributed by atoms with Crippen molar-refractivity contribution in [2.75, 3.05) is 32.7 Å². The fourth-order valence-corrected chi connectivity index (χ4v) is 6.23. The molecule has 2 aliphatic heterocycles. The van der Waals surface area contributed by atoms with E-state index >= 15 is 0 Å². The van der Waals surface area contributed by atoms with E-state index in [2.05, 4.69) is 22.1 Å². The summed E-state index contributed by atoms with van der Waals surface area (Å²) < 4.78 is 27.7. The summed E-state index contributed by atoms with van der Waals surface area (Å²) in [5, 5.41) is 3.39. The number of nitrogens with zero attached hydrogens (tertiary/aromatic N) is 2. The molecule has 0 radical (unpaired) electrons. The van der Waals surface area contributed by atoms with Gasteiger partial charge in [0.2, 0.25) is 15.6 Å². The van der Waals surface area contributed by atoms with Crippen LogP contribution in [0.2, 0.25) is 0 Å². The number of rotatable bonds is 6. The number of likely N-dealkylation sites (tertiary alicyclic amines) is 1. The van der Waals surface area contributed by atoms with Crippen LogP contribution in [0.3, 0.4) is 0 Å². The topological polar surface area (TPSA) is 103 Å². The minimum Gasteiger partial charge on any atom is -0.350 e. The highest BCUT2D eigenvalue weighted by Gasteiger charge is 2.27. The van der Waals surface area contributed by atoms with E-state index in [1.807, 2.05) is 0 Å². The molecule has 3 heterocycles. The fourth-order valence-electron chi connectivity index (χ4n) is 4.68. The van der Waals surface area contributed by atoms with Crippen LogP contribution in [0, 0.1) is 0 Å². The molecule has 4 rings (SSSR count). The van der Waals surface area contributed by atoms with E-state index in [0.717, 1.165) is 45.2 Å². The highest BCUT2D eigenvalue weighted by Crippen LogP contribution is 2.25. The van der Waals surface area contributed by atoms with Crippen LogP contribution in [0.25, 0.3) is 10.9 Å². The molecule has 1 unspecified atom stereocenters. The van der Waals surface area contributed by atoms with E-state index in [9.17, 15) is 18.0 Å². The lowest BCUT2D eigenvalue weighted by Crippen LogP contribution is -2.40. The summed E-state index contributed by atoms with van der Waals surface area (Å²) >= 11 is 0. The lowest BCUT2D eigenvalue weighted by atomic mass is 10.1. The fraction of sp³-hybridized carbons (Fsp3) is 0.545. The van der Waals surface area contributed by atoms with Crippen LogP contribution in [0.4, 0.5) is 0 Å². The summed E-state index contributed by atoms with van der Waals surface area (Å²) in [6.07, 6.45) is 4.88. The van der Waals surface area contributed by atoms with Gasteiger partial charge in [0.05, 0.1) is 10.5 Å². The first-order valence-corrected chi connectivity index (χ1v) is 12.5. The molecule has 2 saturated heterocycles. The number of sulfonamides is 1. The Morgan fingerprint density at radius 1 is 1.13 bits per heavy atom. The molecule has 9 heteroatoms. The van der Waals surface area contributed by atoms with E-state index in [1.54, 1.807) is 6.07 Å². The first kappa shape index (κ1) is 22.0. The molecular weight excluding hydrogens is 416 g/mol. The van der Waals surface area contributed by atoms with Gasteiger partial charge >= 0.3 is 0 Å². The zero-order chi connectivity index (χ0) is 22.0. The average molecular weight is 447 g/mol. The Hall–Kier alpha value is -2.23. The summed E-state index contributed by atoms with van der Waals surface area (Å²) in [5.41, 5.74) is 0.266. The van der Waals surface area contributed by atoms with Gasteiger partial charge in [-0.05, 0) is 57.0 Å². The van der Waals surface area contributed by atoms with Gasteiger partial charge < -0.3 is 10.3 Å². The van der Waals surface area contributed by atoms with Gasteiger partial charge in [-0.25, -0.2) is 8.42 Å². The van der Waals surface area contributed by atoms with Crippen LogP contribution >= 0.6 is 0 Å². The van der Waals surface area contributed by atoms with E-state index in [4.69, 9.17) is 0 Å². The highest BCUT2D eigenvalue weighted by atomic mass is 32.2. The van der Waals surface area contributed by atoms with Gasteiger partial charge in [0.15, 0.2) is 0 Å². The molecular formula is C22H30N4O4S. The van der Waals surface area contributed by atoms with E-state index in [1.165, 1.54) is 22.5 Å². The number of aromatic nitrogens is 1. The van der Waals surface area contributed by atoms with Crippen LogP contribution in [-0.4, -0.2) is 67.3 Å². The lowest BCUT2D eigenvalue weighted by Gasteiger charge is -2.26. The number of piperidine rings is 1. The SMILES string of the molecule is CCN1CCCC1CNC(=O)c1cc(=O)[nH]c2ccc(S(=O)(=O)N3CCCCC3)cc12. The Morgan fingerprint density at radius 2 is 1.90 bits per heavy atom. The number of pyridine rings is 1. The number of carbonyl (C=O) groups is 1. The maximum atomic E-state index is 13.1. The van der Waals surface area contributed by atoms with Gasteiger partial charge in [0, 0.05) is 42.6 Å². The molecule has 8 nitrogen and oxygen atoms in total. The molecule has 0 spiro atoms. The highest BCUT2D eigenvalue weighted by molar-refractivity contribution is 7.89. The predicted octanol–water partition coefficient (Wildman–Crippen LogP) is 1.92. The first-order chi connectivity index (χ1) is 14.9. The second kappa shape index (κ2) is 9.10. The summed E-state index contributed by atoms with van der Waals surface area (Å²) in [6.45, 7) is 5.60. The number of amides is 1. The average Bonchev–Trinajstić information content (AvgIpc) is 3.24. The molecule has 1 atom stereocenters.